The van der Waals surface area contributed by atoms with E-state index < -0.39 is 17.6 Å². The van der Waals surface area contributed by atoms with E-state index in [4.69, 9.17) is 11.6 Å². The van der Waals surface area contributed by atoms with Crippen LogP contribution in [-0.2, 0) is 11.2 Å². The summed E-state index contributed by atoms with van der Waals surface area (Å²) >= 11 is 7.22. The molecule has 156 valence electrons. The molecular formula is C22H21ClFN3O2S. The monoisotopic (exact) mass is 445 g/mol. The lowest BCUT2D eigenvalue weighted by Crippen LogP contribution is -2.33. The quantitative estimate of drug-likeness (QED) is 0.523. The molecule has 1 heterocycles. The normalized spacial score (nSPS) is 10.7. The Hall–Kier alpha value is -2.77. The van der Waals surface area contributed by atoms with E-state index in [-0.39, 0.29) is 17.1 Å². The van der Waals surface area contributed by atoms with E-state index in [1.165, 1.54) is 29.0 Å². The average Bonchev–Trinajstić information content (AvgIpc) is 3.07. The van der Waals surface area contributed by atoms with Crippen molar-refractivity contribution < 1.29 is 14.0 Å². The van der Waals surface area contributed by atoms with Gasteiger partial charge in [0.1, 0.15) is 5.82 Å². The number of carbonyl (C=O) groups excluding carboxylic acids is 2. The molecule has 0 radical (unpaired) electrons. The van der Waals surface area contributed by atoms with Crippen molar-refractivity contribution in [2.45, 2.75) is 26.7 Å². The van der Waals surface area contributed by atoms with Gasteiger partial charge in [0.05, 0.1) is 22.8 Å². The van der Waals surface area contributed by atoms with E-state index in [2.05, 4.69) is 34.7 Å². The van der Waals surface area contributed by atoms with Crippen LogP contribution in [0.1, 0.15) is 34.1 Å². The molecule has 0 aliphatic heterocycles. The zero-order chi connectivity index (χ0) is 21.7. The van der Waals surface area contributed by atoms with Crippen LogP contribution in [0.3, 0.4) is 0 Å². The lowest BCUT2D eigenvalue weighted by Gasteiger charge is -2.07. The van der Waals surface area contributed by atoms with Crippen LogP contribution in [0.4, 0.5) is 9.52 Å². The molecule has 0 spiro atoms. The summed E-state index contributed by atoms with van der Waals surface area (Å²) in [5, 5.41) is 5.46. The van der Waals surface area contributed by atoms with Gasteiger partial charge in [0, 0.05) is 10.4 Å². The average molecular weight is 446 g/mol. The molecule has 2 aromatic carbocycles. The molecule has 0 unspecified atom stereocenters. The summed E-state index contributed by atoms with van der Waals surface area (Å²) in [7, 11) is 0. The van der Waals surface area contributed by atoms with Gasteiger partial charge in [0.2, 0.25) is 5.91 Å². The topological polar surface area (TPSA) is 71.1 Å². The number of halogens is 2. The van der Waals surface area contributed by atoms with E-state index in [0.717, 1.165) is 35.0 Å². The lowest BCUT2D eigenvalue weighted by molar-refractivity contribution is -0.115. The molecule has 0 saturated heterocycles. The van der Waals surface area contributed by atoms with Crippen LogP contribution in [-0.4, -0.2) is 23.3 Å². The fourth-order valence-electron chi connectivity index (χ4n) is 2.96. The van der Waals surface area contributed by atoms with Crippen molar-refractivity contribution in [1.82, 2.24) is 10.3 Å². The minimum atomic E-state index is -0.753. The summed E-state index contributed by atoms with van der Waals surface area (Å²) in [4.78, 5) is 29.8. The number of aromatic nitrogens is 1. The standard InChI is InChI=1S/C22H21ClFN3O2S/c1-3-5-14-8-10-15(11-9-14)20-13(2)30-22(27-20)26-18(28)12-25-21(29)19-16(23)6-4-7-17(19)24/h4,6-11H,3,5,12H2,1-2H3,(H,25,29)(H,26,27,28). The Morgan fingerprint density at radius 3 is 2.57 bits per heavy atom. The van der Waals surface area contributed by atoms with Gasteiger partial charge in [-0.25, -0.2) is 9.37 Å². The Labute approximate surface area is 183 Å². The Morgan fingerprint density at radius 1 is 1.17 bits per heavy atom. The maximum atomic E-state index is 13.8. The molecule has 1 aromatic heterocycles. The van der Waals surface area contributed by atoms with Crippen LogP contribution in [0.2, 0.25) is 5.02 Å². The van der Waals surface area contributed by atoms with Crippen LogP contribution in [0.15, 0.2) is 42.5 Å². The fourth-order valence-corrected chi connectivity index (χ4v) is 4.06. The molecular weight excluding hydrogens is 425 g/mol. The number of carbonyl (C=O) groups is 2. The molecule has 30 heavy (non-hydrogen) atoms. The maximum Gasteiger partial charge on any atom is 0.256 e. The summed E-state index contributed by atoms with van der Waals surface area (Å²) in [6.45, 7) is 3.74. The zero-order valence-electron chi connectivity index (χ0n) is 16.6. The van der Waals surface area contributed by atoms with Crippen LogP contribution in [0, 0.1) is 12.7 Å². The predicted molar refractivity (Wildman–Crippen MR) is 119 cm³/mol. The van der Waals surface area contributed by atoms with Crippen LogP contribution in [0.5, 0.6) is 0 Å². The summed E-state index contributed by atoms with van der Waals surface area (Å²) in [6.07, 6.45) is 2.12. The molecule has 0 fully saturated rings. The van der Waals surface area contributed by atoms with Crippen molar-refractivity contribution >= 4 is 39.9 Å². The van der Waals surface area contributed by atoms with Crippen molar-refractivity contribution in [3.8, 4) is 11.3 Å². The molecule has 0 aliphatic carbocycles. The zero-order valence-corrected chi connectivity index (χ0v) is 18.2. The number of nitrogens with zero attached hydrogens (tertiary/aromatic N) is 1. The first-order chi connectivity index (χ1) is 14.4. The molecule has 5 nitrogen and oxygen atoms in total. The molecule has 0 bridgehead atoms. The van der Waals surface area contributed by atoms with Gasteiger partial charge >= 0.3 is 0 Å². The summed E-state index contributed by atoms with van der Waals surface area (Å²) in [5.41, 5.74) is 2.77. The first-order valence-electron chi connectivity index (χ1n) is 9.47. The Balaban J connectivity index is 1.62. The van der Waals surface area contributed by atoms with Crippen molar-refractivity contribution in [2.24, 2.45) is 0 Å². The second-order valence-corrected chi connectivity index (χ2v) is 8.31. The minimum Gasteiger partial charge on any atom is -0.343 e. The van der Waals surface area contributed by atoms with E-state index in [1.807, 2.05) is 19.1 Å². The largest absolute Gasteiger partial charge is 0.343 e. The van der Waals surface area contributed by atoms with Gasteiger partial charge in [-0.15, -0.1) is 11.3 Å². The Kier molecular flexibility index (Phi) is 7.18. The van der Waals surface area contributed by atoms with Crippen LogP contribution >= 0.6 is 22.9 Å². The maximum absolute atomic E-state index is 13.8. The highest BCUT2D eigenvalue weighted by molar-refractivity contribution is 7.16. The second-order valence-electron chi connectivity index (χ2n) is 6.70. The van der Waals surface area contributed by atoms with Gasteiger partial charge < -0.3 is 10.6 Å². The van der Waals surface area contributed by atoms with Gasteiger partial charge in [-0.05, 0) is 31.0 Å². The van der Waals surface area contributed by atoms with E-state index >= 15 is 0 Å². The fraction of sp³-hybridized carbons (Fsp3) is 0.227. The van der Waals surface area contributed by atoms with Crippen molar-refractivity contribution in [2.75, 3.05) is 11.9 Å². The van der Waals surface area contributed by atoms with Gasteiger partial charge in [-0.2, -0.15) is 0 Å². The molecule has 0 aliphatic rings. The first-order valence-corrected chi connectivity index (χ1v) is 10.7. The number of benzene rings is 2. The molecule has 2 N–H and O–H groups in total. The summed E-state index contributed by atoms with van der Waals surface area (Å²) < 4.78 is 13.8. The second kappa shape index (κ2) is 9.82. The molecule has 0 saturated carbocycles. The third-order valence-electron chi connectivity index (χ3n) is 4.41. The molecule has 8 heteroatoms. The van der Waals surface area contributed by atoms with Gasteiger partial charge in [-0.3, -0.25) is 9.59 Å². The Bertz CT molecular complexity index is 1050. The van der Waals surface area contributed by atoms with Gasteiger partial charge in [-0.1, -0.05) is 55.3 Å². The highest BCUT2D eigenvalue weighted by Crippen LogP contribution is 2.30. The third kappa shape index (κ3) is 5.23. The third-order valence-corrected chi connectivity index (χ3v) is 5.61. The number of anilines is 1. The van der Waals surface area contributed by atoms with Gasteiger partial charge in [0.15, 0.2) is 5.13 Å². The molecule has 2 amide bonds. The first kappa shape index (κ1) is 21.9. The van der Waals surface area contributed by atoms with E-state index in [0.29, 0.717) is 5.13 Å². The number of amides is 2. The highest BCUT2D eigenvalue weighted by atomic mass is 35.5. The van der Waals surface area contributed by atoms with Crippen LogP contribution < -0.4 is 10.6 Å². The van der Waals surface area contributed by atoms with E-state index in [9.17, 15) is 14.0 Å². The number of nitrogens with one attached hydrogen (secondary N) is 2. The van der Waals surface area contributed by atoms with Crippen molar-refractivity contribution in [3.05, 3.63) is 69.3 Å². The Morgan fingerprint density at radius 2 is 1.90 bits per heavy atom. The minimum absolute atomic E-state index is 0.0157. The van der Waals surface area contributed by atoms with Crippen molar-refractivity contribution in [1.29, 1.82) is 0 Å². The van der Waals surface area contributed by atoms with Crippen LogP contribution in [0.25, 0.3) is 11.3 Å². The number of hydrogen-bond acceptors (Lipinski definition) is 4. The lowest BCUT2D eigenvalue weighted by atomic mass is 10.1. The molecule has 3 rings (SSSR count). The number of aryl methyl sites for hydroxylation is 2. The smallest absolute Gasteiger partial charge is 0.256 e. The van der Waals surface area contributed by atoms with Gasteiger partial charge in [0.25, 0.3) is 5.91 Å². The SMILES string of the molecule is CCCc1ccc(-c2nc(NC(=O)CNC(=O)c3c(F)cccc3Cl)sc2C)cc1. The number of thiazole rings is 1. The molecule has 3 aromatic rings. The van der Waals surface area contributed by atoms with E-state index in [1.54, 1.807) is 0 Å². The predicted octanol–water partition coefficient (Wildman–Crippen LogP) is 5.23. The number of hydrogen-bond donors (Lipinski definition) is 2. The summed E-state index contributed by atoms with van der Waals surface area (Å²) in [6, 6.07) is 12.2. The summed E-state index contributed by atoms with van der Waals surface area (Å²) in [5.74, 6) is -1.96. The molecule has 0 atom stereocenters. The number of rotatable bonds is 7. The van der Waals surface area contributed by atoms with Crippen molar-refractivity contribution in [3.63, 3.8) is 0 Å². The highest BCUT2D eigenvalue weighted by Gasteiger charge is 2.17.